The Morgan fingerprint density at radius 1 is 1.15 bits per heavy atom. The molecule has 1 N–H and O–H groups in total. The highest BCUT2D eigenvalue weighted by Gasteiger charge is 2.27. The standard InChI is InChI=1S/C29H28FN9O2/c1-5-26(40)39-11-10-38(15-18(39)3)25-9-7-22-27(34-25)29(32-16-31-22)33-19-12-17(2)28(21(30)13-19)41-20-6-8-24-23(14-20)35-36-37(24)4/h5-9,12-14,16,18H,1,10-11,15H2,2-4H3,(H,31,32,33)/t18-/m1/s1. The van der Waals surface area contributed by atoms with Crippen molar-refractivity contribution in [2.45, 2.75) is 19.9 Å². The van der Waals surface area contributed by atoms with E-state index < -0.39 is 5.82 Å². The molecule has 1 fully saturated rings. The summed E-state index contributed by atoms with van der Waals surface area (Å²) in [6, 6.07) is 12.2. The monoisotopic (exact) mass is 553 g/mol. The molecule has 1 aliphatic heterocycles. The van der Waals surface area contributed by atoms with E-state index in [1.165, 1.54) is 18.5 Å². The Labute approximate surface area is 235 Å². The molecule has 5 aromatic rings. The van der Waals surface area contributed by atoms with Gasteiger partial charge in [0.05, 0.1) is 11.0 Å². The number of nitrogens with zero attached hydrogens (tertiary/aromatic N) is 8. The van der Waals surface area contributed by atoms with Crippen molar-refractivity contribution in [2.75, 3.05) is 29.9 Å². The van der Waals surface area contributed by atoms with E-state index in [4.69, 9.17) is 9.72 Å². The summed E-state index contributed by atoms with van der Waals surface area (Å²) in [6.07, 6.45) is 2.79. The van der Waals surface area contributed by atoms with Gasteiger partial charge in [-0.25, -0.2) is 24.0 Å². The van der Waals surface area contributed by atoms with Crippen molar-refractivity contribution < 1.29 is 13.9 Å². The van der Waals surface area contributed by atoms with Gasteiger partial charge in [-0.15, -0.1) is 5.10 Å². The number of carbonyl (C=O) groups is 1. The molecule has 11 nitrogen and oxygen atoms in total. The topological polar surface area (TPSA) is 114 Å². The van der Waals surface area contributed by atoms with Crippen LogP contribution in [0.3, 0.4) is 0 Å². The number of rotatable bonds is 6. The summed E-state index contributed by atoms with van der Waals surface area (Å²) in [6.45, 7) is 9.21. The predicted molar refractivity (Wildman–Crippen MR) is 154 cm³/mol. The number of halogens is 1. The Morgan fingerprint density at radius 2 is 2.00 bits per heavy atom. The molecule has 208 valence electrons. The van der Waals surface area contributed by atoms with Crippen LogP contribution < -0.4 is 15.0 Å². The summed E-state index contributed by atoms with van der Waals surface area (Å²) >= 11 is 0. The number of piperazine rings is 1. The highest BCUT2D eigenvalue weighted by Crippen LogP contribution is 2.33. The van der Waals surface area contributed by atoms with Crippen LogP contribution in [0.25, 0.3) is 22.1 Å². The zero-order valence-corrected chi connectivity index (χ0v) is 22.9. The fourth-order valence-corrected chi connectivity index (χ4v) is 5.08. The van der Waals surface area contributed by atoms with Gasteiger partial charge in [-0.2, -0.15) is 0 Å². The summed E-state index contributed by atoms with van der Waals surface area (Å²) in [5.41, 5.74) is 3.80. The Morgan fingerprint density at radius 3 is 2.78 bits per heavy atom. The average Bonchev–Trinajstić information content (AvgIpc) is 3.34. The Balaban J connectivity index is 1.24. The lowest BCUT2D eigenvalue weighted by atomic mass is 10.1. The van der Waals surface area contributed by atoms with Gasteiger partial charge in [0.15, 0.2) is 17.4 Å². The lowest BCUT2D eigenvalue weighted by Gasteiger charge is -2.40. The van der Waals surface area contributed by atoms with Gasteiger partial charge in [0, 0.05) is 50.5 Å². The van der Waals surface area contributed by atoms with Crippen molar-refractivity contribution in [3.63, 3.8) is 0 Å². The van der Waals surface area contributed by atoms with Gasteiger partial charge in [-0.3, -0.25) is 4.79 Å². The molecule has 41 heavy (non-hydrogen) atoms. The first-order chi connectivity index (χ1) is 19.8. The van der Waals surface area contributed by atoms with Crippen LogP contribution in [0.4, 0.5) is 21.7 Å². The number of hydrogen-bond acceptors (Lipinski definition) is 9. The van der Waals surface area contributed by atoms with Crippen LogP contribution in [-0.4, -0.2) is 66.4 Å². The molecule has 3 aromatic heterocycles. The van der Waals surface area contributed by atoms with Gasteiger partial charge in [0.25, 0.3) is 0 Å². The van der Waals surface area contributed by atoms with Crippen molar-refractivity contribution in [1.29, 1.82) is 0 Å². The highest BCUT2D eigenvalue weighted by molar-refractivity contribution is 5.89. The van der Waals surface area contributed by atoms with Crippen LogP contribution in [0, 0.1) is 12.7 Å². The fourth-order valence-electron chi connectivity index (χ4n) is 5.08. The minimum atomic E-state index is -0.528. The van der Waals surface area contributed by atoms with Gasteiger partial charge < -0.3 is 19.9 Å². The van der Waals surface area contributed by atoms with Crippen LogP contribution in [0.1, 0.15) is 12.5 Å². The number of fused-ring (bicyclic) bond motifs is 2. The second-order valence-electron chi connectivity index (χ2n) is 9.98. The third-order valence-electron chi connectivity index (χ3n) is 7.17. The van der Waals surface area contributed by atoms with Gasteiger partial charge >= 0.3 is 0 Å². The number of benzene rings is 2. The van der Waals surface area contributed by atoms with E-state index in [-0.39, 0.29) is 17.7 Å². The van der Waals surface area contributed by atoms with Gasteiger partial charge in [0.1, 0.15) is 28.9 Å². The molecule has 1 atom stereocenters. The van der Waals surface area contributed by atoms with Crippen molar-refractivity contribution in [3.05, 3.63) is 72.8 Å². The molecular formula is C29H28FN9O2. The third kappa shape index (κ3) is 4.99. The molecule has 6 rings (SSSR count). The summed E-state index contributed by atoms with van der Waals surface area (Å²) in [5, 5.41) is 11.3. The molecule has 1 amide bonds. The number of anilines is 3. The molecule has 0 bridgehead atoms. The summed E-state index contributed by atoms with van der Waals surface area (Å²) in [7, 11) is 1.80. The molecule has 0 radical (unpaired) electrons. The number of aryl methyl sites for hydroxylation is 2. The number of hydrogen-bond donors (Lipinski definition) is 1. The quantitative estimate of drug-likeness (QED) is 0.303. The van der Waals surface area contributed by atoms with Gasteiger partial charge in [-0.1, -0.05) is 11.8 Å². The van der Waals surface area contributed by atoms with Crippen molar-refractivity contribution in [1.82, 2.24) is 34.8 Å². The average molecular weight is 554 g/mol. The lowest BCUT2D eigenvalue weighted by Crippen LogP contribution is -2.53. The first-order valence-electron chi connectivity index (χ1n) is 13.1. The molecule has 0 spiro atoms. The molecule has 0 unspecified atom stereocenters. The number of carbonyl (C=O) groups excluding carboxylic acids is 1. The lowest BCUT2D eigenvalue weighted by molar-refractivity contribution is -0.128. The maximum atomic E-state index is 15.3. The number of aromatic nitrogens is 6. The maximum absolute atomic E-state index is 15.3. The summed E-state index contributed by atoms with van der Waals surface area (Å²) in [5.74, 6) is 1.18. The minimum Gasteiger partial charge on any atom is -0.454 e. The predicted octanol–water partition coefficient (Wildman–Crippen LogP) is 4.51. The van der Waals surface area contributed by atoms with E-state index in [1.807, 2.05) is 25.1 Å². The fraction of sp³-hybridized carbons (Fsp3) is 0.241. The van der Waals surface area contributed by atoms with E-state index in [9.17, 15) is 4.79 Å². The molecule has 1 saturated heterocycles. The number of nitrogens with one attached hydrogen (secondary N) is 1. The Kier molecular flexibility index (Phi) is 6.66. The van der Waals surface area contributed by atoms with E-state index in [2.05, 4.69) is 37.1 Å². The normalized spacial score (nSPS) is 15.4. The van der Waals surface area contributed by atoms with Crippen molar-refractivity contribution >= 4 is 45.3 Å². The van der Waals surface area contributed by atoms with Gasteiger partial charge in [0.2, 0.25) is 5.91 Å². The van der Waals surface area contributed by atoms with Gasteiger partial charge in [-0.05, 0) is 55.8 Å². The van der Waals surface area contributed by atoms with E-state index >= 15 is 4.39 Å². The maximum Gasteiger partial charge on any atom is 0.246 e. The zero-order chi connectivity index (χ0) is 28.7. The van der Waals surface area contributed by atoms with Crippen LogP contribution >= 0.6 is 0 Å². The third-order valence-corrected chi connectivity index (χ3v) is 7.17. The molecule has 0 aliphatic carbocycles. The number of amides is 1. The second-order valence-corrected chi connectivity index (χ2v) is 9.98. The Bertz CT molecular complexity index is 1780. The largest absolute Gasteiger partial charge is 0.454 e. The summed E-state index contributed by atoms with van der Waals surface area (Å²) < 4.78 is 22.9. The minimum absolute atomic E-state index is 0.00517. The van der Waals surface area contributed by atoms with Crippen molar-refractivity contribution in [2.24, 2.45) is 7.05 Å². The second kappa shape index (κ2) is 10.5. The van der Waals surface area contributed by atoms with Crippen LogP contribution in [0.5, 0.6) is 11.5 Å². The smallest absolute Gasteiger partial charge is 0.246 e. The Hall–Kier alpha value is -5.13. The molecule has 12 heteroatoms. The van der Waals surface area contributed by atoms with Crippen LogP contribution in [-0.2, 0) is 11.8 Å². The van der Waals surface area contributed by atoms with E-state index in [0.717, 1.165) is 11.3 Å². The van der Waals surface area contributed by atoms with Crippen molar-refractivity contribution in [3.8, 4) is 11.5 Å². The molecular weight excluding hydrogens is 525 g/mol. The van der Waals surface area contributed by atoms with Crippen LogP contribution in [0.15, 0.2) is 61.4 Å². The number of ether oxygens (including phenoxy) is 1. The van der Waals surface area contributed by atoms with Crippen LogP contribution in [0.2, 0.25) is 0 Å². The molecule has 0 saturated carbocycles. The first-order valence-corrected chi connectivity index (χ1v) is 13.1. The van der Waals surface area contributed by atoms with E-state index in [0.29, 0.717) is 59.0 Å². The molecule has 2 aromatic carbocycles. The number of pyridine rings is 1. The first kappa shape index (κ1) is 26.1. The SMILES string of the molecule is C=CC(=O)N1CCN(c2ccc3ncnc(Nc4cc(C)c(Oc5ccc6c(c5)nnn6C)c(F)c4)c3n2)C[C@H]1C. The molecule has 1 aliphatic rings. The van der Waals surface area contributed by atoms with E-state index in [1.54, 1.807) is 41.8 Å². The highest BCUT2D eigenvalue weighted by atomic mass is 19.1. The zero-order valence-electron chi connectivity index (χ0n) is 22.9. The molecule has 4 heterocycles. The summed E-state index contributed by atoms with van der Waals surface area (Å²) in [4.78, 5) is 29.7.